The van der Waals surface area contributed by atoms with Crippen LogP contribution in [0.3, 0.4) is 0 Å². The van der Waals surface area contributed by atoms with Crippen LogP contribution in [0.25, 0.3) is 0 Å². The molecule has 6 rings (SSSR count). The van der Waals surface area contributed by atoms with E-state index in [9.17, 15) is 5.11 Å². The molecule has 0 aromatic heterocycles. The molecule has 4 bridgehead atoms. The second kappa shape index (κ2) is 3.23. The highest BCUT2D eigenvalue weighted by atomic mass is 16.3. The second-order valence-corrected chi connectivity index (χ2v) is 6.00. The minimum atomic E-state index is -0.244. The molecule has 0 radical (unpaired) electrons. The topological polar surface area (TPSA) is 20.2 Å². The average Bonchev–Trinajstić information content (AvgIpc) is 2.38. The normalized spacial score (nSPS) is 52.5. The first kappa shape index (κ1) is 9.21. The maximum Gasteiger partial charge on any atom is 0.0676 e. The van der Waals surface area contributed by atoms with Crippen molar-refractivity contribution in [2.75, 3.05) is 0 Å². The van der Waals surface area contributed by atoms with Crippen LogP contribution in [0.4, 0.5) is 0 Å². The van der Waals surface area contributed by atoms with Gasteiger partial charge in [-0.25, -0.2) is 0 Å². The lowest BCUT2D eigenvalue weighted by Crippen LogP contribution is -2.41. The summed E-state index contributed by atoms with van der Waals surface area (Å²) in [5.41, 5.74) is -0.244. The fourth-order valence-electron chi connectivity index (χ4n) is 4.23. The van der Waals surface area contributed by atoms with Crippen LogP contribution in [0.2, 0.25) is 0 Å². The summed E-state index contributed by atoms with van der Waals surface area (Å²) in [6.45, 7) is 0. The van der Waals surface area contributed by atoms with Gasteiger partial charge in [0.25, 0.3) is 0 Å². The molecular formula is C13H22O. The lowest BCUT2D eigenvalue weighted by molar-refractivity contribution is -0.0636. The first-order chi connectivity index (χ1) is 6.76. The Hall–Kier alpha value is -0.0400. The molecule has 6 saturated carbocycles. The molecule has 6 fully saturated rings. The van der Waals surface area contributed by atoms with Crippen molar-refractivity contribution in [3.63, 3.8) is 0 Å². The summed E-state index contributed by atoms with van der Waals surface area (Å²) in [5, 5.41) is 10.6. The third kappa shape index (κ3) is 1.41. The largest absolute Gasteiger partial charge is 0.390 e. The maximum absolute atomic E-state index is 10.6. The van der Waals surface area contributed by atoms with Crippen LogP contribution in [-0.4, -0.2) is 10.7 Å². The summed E-state index contributed by atoms with van der Waals surface area (Å²) in [6, 6.07) is 0. The monoisotopic (exact) mass is 194 g/mol. The van der Waals surface area contributed by atoms with E-state index in [2.05, 4.69) is 0 Å². The van der Waals surface area contributed by atoms with Crippen molar-refractivity contribution in [2.45, 2.75) is 63.4 Å². The van der Waals surface area contributed by atoms with Gasteiger partial charge in [-0.2, -0.15) is 0 Å². The van der Waals surface area contributed by atoms with E-state index in [-0.39, 0.29) is 5.60 Å². The molecule has 1 nitrogen and oxygen atoms in total. The van der Waals surface area contributed by atoms with E-state index >= 15 is 0 Å². The summed E-state index contributed by atoms with van der Waals surface area (Å²) >= 11 is 0. The highest BCUT2D eigenvalue weighted by molar-refractivity contribution is 4.96. The molecule has 0 aromatic rings. The van der Waals surface area contributed by atoms with Crippen molar-refractivity contribution in [3.8, 4) is 0 Å². The van der Waals surface area contributed by atoms with Gasteiger partial charge in [0.2, 0.25) is 0 Å². The van der Waals surface area contributed by atoms with E-state index in [1.165, 1.54) is 44.9 Å². The van der Waals surface area contributed by atoms with Gasteiger partial charge in [-0.05, 0) is 62.7 Å². The van der Waals surface area contributed by atoms with Crippen LogP contribution in [0, 0.1) is 17.8 Å². The number of hydrogen-bond acceptors (Lipinski definition) is 1. The van der Waals surface area contributed by atoms with Crippen LogP contribution in [0.1, 0.15) is 57.8 Å². The van der Waals surface area contributed by atoms with Crippen LogP contribution < -0.4 is 0 Å². The summed E-state index contributed by atoms with van der Waals surface area (Å²) in [6.07, 6.45) is 11.7. The van der Waals surface area contributed by atoms with Crippen molar-refractivity contribution in [3.05, 3.63) is 0 Å². The van der Waals surface area contributed by atoms with E-state index < -0.39 is 0 Å². The van der Waals surface area contributed by atoms with Crippen LogP contribution >= 0.6 is 0 Å². The average molecular weight is 194 g/mol. The van der Waals surface area contributed by atoms with Crippen molar-refractivity contribution >= 4 is 0 Å². The van der Waals surface area contributed by atoms with E-state index in [0.29, 0.717) is 5.92 Å². The highest BCUT2D eigenvalue weighted by Gasteiger charge is 2.43. The molecule has 6 aliphatic carbocycles. The summed E-state index contributed by atoms with van der Waals surface area (Å²) in [5.74, 6) is 2.62. The Morgan fingerprint density at radius 1 is 0.786 bits per heavy atom. The molecule has 14 heavy (non-hydrogen) atoms. The van der Waals surface area contributed by atoms with Crippen molar-refractivity contribution < 1.29 is 5.11 Å². The Morgan fingerprint density at radius 2 is 1.36 bits per heavy atom. The third-order valence-electron chi connectivity index (χ3n) is 5.24. The fourth-order valence-corrected chi connectivity index (χ4v) is 4.23. The van der Waals surface area contributed by atoms with Gasteiger partial charge in [0.15, 0.2) is 0 Å². The molecule has 0 saturated heterocycles. The van der Waals surface area contributed by atoms with E-state index in [4.69, 9.17) is 0 Å². The lowest BCUT2D eigenvalue weighted by atomic mass is 9.70. The van der Waals surface area contributed by atoms with Crippen molar-refractivity contribution in [1.29, 1.82) is 0 Å². The van der Waals surface area contributed by atoms with E-state index in [0.717, 1.165) is 24.7 Å². The smallest absolute Gasteiger partial charge is 0.0676 e. The predicted octanol–water partition coefficient (Wildman–Crippen LogP) is 3.12. The molecule has 80 valence electrons. The summed E-state index contributed by atoms with van der Waals surface area (Å²) in [7, 11) is 0. The Labute approximate surface area is 86.9 Å². The molecule has 1 heteroatoms. The molecule has 0 spiro atoms. The molecule has 0 aromatic carbocycles. The second-order valence-electron chi connectivity index (χ2n) is 6.00. The molecule has 0 atom stereocenters. The van der Waals surface area contributed by atoms with Crippen molar-refractivity contribution in [1.82, 2.24) is 0 Å². The molecule has 0 unspecified atom stereocenters. The third-order valence-corrected chi connectivity index (χ3v) is 5.24. The van der Waals surface area contributed by atoms with Gasteiger partial charge in [-0.3, -0.25) is 0 Å². The first-order valence-electron chi connectivity index (χ1n) is 6.49. The molecular weight excluding hydrogens is 172 g/mol. The van der Waals surface area contributed by atoms with Gasteiger partial charge >= 0.3 is 0 Å². The Kier molecular flexibility index (Phi) is 2.12. The van der Waals surface area contributed by atoms with Crippen molar-refractivity contribution in [2.24, 2.45) is 17.8 Å². The number of hydrogen-bond donors (Lipinski definition) is 1. The zero-order valence-corrected chi connectivity index (χ0v) is 9.04. The summed E-state index contributed by atoms with van der Waals surface area (Å²) in [4.78, 5) is 0. The lowest BCUT2D eigenvalue weighted by Gasteiger charge is -2.41. The summed E-state index contributed by atoms with van der Waals surface area (Å²) < 4.78 is 0. The zero-order chi connectivity index (χ0) is 9.60. The van der Waals surface area contributed by atoms with Gasteiger partial charge in [0.1, 0.15) is 0 Å². The Bertz CT molecular complexity index is 207. The van der Waals surface area contributed by atoms with Gasteiger partial charge in [-0.15, -0.1) is 0 Å². The minimum absolute atomic E-state index is 0.244. The number of aliphatic hydroxyl groups is 1. The Balaban J connectivity index is 1.89. The minimum Gasteiger partial charge on any atom is -0.390 e. The fraction of sp³-hybridized carbons (Fsp3) is 1.00. The SMILES string of the molecule is OC12CCC(CC1)CC1CCC2CC1. The van der Waals surface area contributed by atoms with Gasteiger partial charge in [0.05, 0.1) is 5.60 Å². The van der Waals surface area contributed by atoms with Crippen LogP contribution in [0.5, 0.6) is 0 Å². The first-order valence-corrected chi connectivity index (χ1v) is 6.49. The molecule has 1 N–H and O–H groups in total. The number of rotatable bonds is 0. The van der Waals surface area contributed by atoms with Crippen LogP contribution in [0.15, 0.2) is 0 Å². The molecule has 6 aliphatic rings. The highest BCUT2D eigenvalue weighted by Crippen LogP contribution is 2.49. The zero-order valence-electron chi connectivity index (χ0n) is 9.04. The Morgan fingerprint density at radius 3 is 2.00 bits per heavy atom. The molecule has 0 heterocycles. The van der Waals surface area contributed by atoms with Crippen LogP contribution in [-0.2, 0) is 0 Å². The van der Waals surface area contributed by atoms with Gasteiger partial charge in [0, 0.05) is 0 Å². The van der Waals surface area contributed by atoms with E-state index in [1.807, 2.05) is 0 Å². The van der Waals surface area contributed by atoms with E-state index in [1.54, 1.807) is 0 Å². The standard InChI is InChI=1S/C13H22O/c14-13-7-5-11(6-8-13)9-10-1-3-12(13)4-2-10/h10-12,14H,1-9H2. The quantitative estimate of drug-likeness (QED) is 0.628. The maximum atomic E-state index is 10.6. The van der Waals surface area contributed by atoms with Gasteiger partial charge in [-0.1, -0.05) is 12.8 Å². The molecule has 0 aliphatic heterocycles. The van der Waals surface area contributed by atoms with Gasteiger partial charge < -0.3 is 5.11 Å². The molecule has 0 amide bonds. The predicted molar refractivity (Wildman–Crippen MR) is 57.0 cm³/mol.